The molecule has 4 rings (SSSR count). The van der Waals surface area contributed by atoms with Gasteiger partial charge in [0.2, 0.25) is 0 Å². The van der Waals surface area contributed by atoms with Gasteiger partial charge in [-0.25, -0.2) is 4.98 Å². The van der Waals surface area contributed by atoms with Crippen molar-refractivity contribution in [2.75, 3.05) is 39.4 Å². The molecule has 2 amide bonds. The number of carbonyl (C=O) groups is 2. The molecule has 2 saturated heterocycles. The summed E-state index contributed by atoms with van der Waals surface area (Å²) in [6.45, 7) is 8.37. The highest BCUT2D eigenvalue weighted by atomic mass is 16.7. The summed E-state index contributed by atoms with van der Waals surface area (Å²) in [6.07, 6.45) is 4.19. The average Bonchev–Trinajstić information content (AvgIpc) is 3.34. The van der Waals surface area contributed by atoms with Gasteiger partial charge in [0.05, 0.1) is 18.9 Å². The van der Waals surface area contributed by atoms with Crippen molar-refractivity contribution in [3.05, 3.63) is 17.2 Å². The minimum absolute atomic E-state index is 0.0721. The third-order valence-corrected chi connectivity index (χ3v) is 6.19. The van der Waals surface area contributed by atoms with E-state index < -0.39 is 5.79 Å². The third kappa shape index (κ3) is 3.33. The Morgan fingerprint density at radius 1 is 1.07 bits per heavy atom. The molecule has 0 radical (unpaired) electrons. The first-order valence-electron chi connectivity index (χ1n) is 10.5. The van der Waals surface area contributed by atoms with Crippen molar-refractivity contribution in [3.8, 4) is 0 Å². The first kappa shape index (κ1) is 19.4. The molecule has 3 aliphatic heterocycles. The quantitative estimate of drug-likeness (QED) is 0.782. The first-order chi connectivity index (χ1) is 13.6. The van der Waals surface area contributed by atoms with Gasteiger partial charge in [-0.1, -0.05) is 0 Å². The van der Waals surface area contributed by atoms with Crippen molar-refractivity contribution in [2.24, 2.45) is 0 Å². The Morgan fingerprint density at radius 2 is 1.75 bits per heavy atom. The molecule has 0 unspecified atom stereocenters. The molecule has 1 aromatic heterocycles. The molecular formula is C20H30N4O4. The lowest BCUT2D eigenvalue weighted by Gasteiger charge is -2.37. The van der Waals surface area contributed by atoms with E-state index in [0.29, 0.717) is 63.8 Å². The Kier molecular flexibility index (Phi) is 5.42. The van der Waals surface area contributed by atoms with Crippen molar-refractivity contribution >= 4 is 11.8 Å². The number of hydrogen-bond donors (Lipinski definition) is 0. The van der Waals surface area contributed by atoms with E-state index in [1.165, 1.54) is 0 Å². The van der Waals surface area contributed by atoms with Crippen molar-refractivity contribution in [3.63, 3.8) is 0 Å². The second kappa shape index (κ2) is 7.83. The van der Waals surface area contributed by atoms with Gasteiger partial charge in [-0.2, -0.15) is 0 Å². The predicted molar refractivity (Wildman–Crippen MR) is 102 cm³/mol. The fraction of sp³-hybridized carbons (Fsp3) is 0.750. The summed E-state index contributed by atoms with van der Waals surface area (Å²) in [6, 6.07) is 0. The molecule has 0 bridgehead atoms. The van der Waals surface area contributed by atoms with Crippen LogP contribution < -0.4 is 0 Å². The molecule has 0 N–H and O–H groups in total. The maximum atomic E-state index is 13.3. The number of carbonyl (C=O) groups excluding carboxylic acids is 2. The summed E-state index contributed by atoms with van der Waals surface area (Å²) in [7, 11) is 0. The van der Waals surface area contributed by atoms with Crippen LogP contribution >= 0.6 is 0 Å². The van der Waals surface area contributed by atoms with Crippen LogP contribution in [0.4, 0.5) is 0 Å². The Morgan fingerprint density at radius 3 is 2.39 bits per heavy atom. The normalized spacial score (nSPS) is 21.0. The lowest BCUT2D eigenvalue weighted by molar-refractivity contribution is -0.181. The summed E-state index contributed by atoms with van der Waals surface area (Å²) in [4.78, 5) is 34.4. The number of rotatable bonds is 4. The maximum absolute atomic E-state index is 13.3. The summed E-state index contributed by atoms with van der Waals surface area (Å²) < 4.78 is 13.5. The molecule has 154 valence electrons. The van der Waals surface area contributed by atoms with Crippen LogP contribution in [0.5, 0.6) is 0 Å². The van der Waals surface area contributed by atoms with E-state index in [0.717, 1.165) is 31.5 Å². The van der Waals surface area contributed by atoms with E-state index in [1.54, 1.807) is 4.90 Å². The molecule has 0 aliphatic carbocycles. The van der Waals surface area contributed by atoms with E-state index in [4.69, 9.17) is 9.47 Å². The van der Waals surface area contributed by atoms with Crippen molar-refractivity contribution in [1.29, 1.82) is 0 Å². The highest BCUT2D eigenvalue weighted by molar-refractivity contribution is 5.97. The lowest BCUT2D eigenvalue weighted by atomic mass is 10.0. The second-order valence-corrected chi connectivity index (χ2v) is 7.72. The van der Waals surface area contributed by atoms with Crippen LogP contribution in [0.2, 0.25) is 0 Å². The summed E-state index contributed by atoms with van der Waals surface area (Å²) in [5.74, 6) is -0.249. The molecule has 0 aromatic carbocycles. The molecule has 0 saturated carbocycles. The zero-order chi connectivity index (χ0) is 19.7. The van der Waals surface area contributed by atoms with Gasteiger partial charge in [0.25, 0.3) is 11.8 Å². The summed E-state index contributed by atoms with van der Waals surface area (Å²) in [5.41, 5.74) is 1.37. The van der Waals surface area contributed by atoms with Crippen LogP contribution in [0.1, 0.15) is 66.3 Å². The summed E-state index contributed by atoms with van der Waals surface area (Å²) >= 11 is 0. The Hall–Kier alpha value is -1.93. The molecule has 8 heteroatoms. The minimum atomic E-state index is -0.506. The molecule has 3 aliphatic rings. The number of likely N-dealkylation sites (tertiary alicyclic amines) is 1. The van der Waals surface area contributed by atoms with Crippen LogP contribution in [0, 0.1) is 0 Å². The topological polar surface area (TPSA) is 76.9 Å². The molecule has 1 spiro atoms. The Balaban J connectivity index is 1.57. The van der Waals surface area contributed by atoms with E-state index in [1.807, 2.05) is 23.3 Å². The van der Waals surface area contributed by atoms with E-state index in [-0.39, 0.29) is 11.8 Å². The van der Waals surface area contributed by atoms with Gasteiger partial charge in [0, 0.05) is 45.6 Å². The van der Waals surface area contributed by atoms with Crippen LogP contribution in [0.3, 0.4) is 0 Å². The highest BCUT2D eigenvalue weighted by Crippen LogP contribution is 2.32. The van der Waals surface area contributed by atoms with E-state index >= 15 is 0 Å². The fourth-order valence-electron chi connectivity index (χ4n) is 4.52. The smallest absolute Gasteiger partial charge is 0.289 e. The number of piperidine rings is 1. The fourth-order valence-corrected chi connectivity index (χ4v) is 4.52. The number of nitrogens with zero attached hydrogens (tertiary/aromatic N) is 4. The average molecular weight is 390 g/mol. The highest BCUT2D eigenvalue weighted by Gasteiger charge is 2.42. The van der Waals surface area contributed by atoms with Gasteiger partial charge in [-0.3, -0.25) is 9.59 Å². The molecule has 0 atom stereocenters. The number of imidazole rings is 1. The third-order valence-electron chi connectivity index (χ3n) is 6.19. The molecule has 28 heavy (non-hydrogen) atoms. The van der Waals surface area contributed by atoms with Gasteiger partial charge in [0.1, 0.15) is 5.69 Å². The minimum Gasteiger partial charge on any atom is -0.347 e. The number of fused-ring (bicyclic) bond motifs is 1. The van der Waals surface area contributed by atoms with Crippen LogP contribution in [-0.2, 0) is 22.4 Å². The van der Waals surface area contributed by atoms with Crippen molar-refractivity contribution in [2.45, 2.75) is 58.3 Å². The lowest BCUT2D eigenvalue weighted by Crippen LogP contribution is -2.47. The largest absolute Gasteiger partial charge is 0.347 e. The Bertz CT molecular complexity index is 740. The maximum Gasteiger partial charge on any atom is 0.289 e. The number of amides is 2. The number of hydrogen-bond acceptors (Lipinski definition) is 5. The predicted octanol–water partition coefficient (Wildman–Crippen LogP) is 1.68. The molecule has 4 heterocycles. The molecule has 1 aromatic rings. The van der Waals surface area contributed by atoms with Gasteiger partial charge in [-0.15, -0.1) is 0 Å². The van der Waals surface area contributed by atoms with Crippen LogP contribution in [0.25, 0.3) is 0 Å². The molecule has 8 nitrogen and oxygen atoms in total. The SMILES string of the molecule is CCN(CC)C(=O)c1nc(C(=O)N2CCC3(CC2)OCCO3)c2n1CCCC2. The van der Waals surface area contributed by atoms with E-state index in [2.05, 4.69) is 4.98 Å². The van der Waals surface area contributed by atoms with Crippen molar-refractivity contribution < 1.29 is 19.1 Å². The van der Waals surface area contributed by atoms with Gasteiger partial charge < -0.3 is 23.8 Å². The van der Waals surface area contributed by atoms with Crippen LogP contribution in [0.15, 0.2) is 0 Å². The zero-order valence-corrected chi connectivity index (χ0v) is 16.9. The molecule has 2 fully saturated rings. The Labute approximate surface area is 165 Å². The first-order valence-corrected chi connectivity index (χ1v) is 10.5. The second-order valence-electron chi connectivity index (χ2n) is 7.72. The van der Waals surface area contributed by atoms with Gasteiger partial charge >= 0.3 is 0 Å². The standard InChI is InChI=1S/C20H30N4O4/c1-3-22(4-2)19(26)17-21-16(15-7-5-6-10-24(15)17)18(25)23-11-8-20(9-12-23)27-13-14-28-20/h3-14H2,1-2H3. The van der Waals surface area contributed by atoms with Crippen molar-refractivity contribution in [1.82, 2.24) is 19.4 Å². The van der Waals surface area contributed by atoms with Gasteiger partial charge in [-0.05, 0) is 33.1 Å². The van der Waals surface area contributed by atoms with E-state index in [9.17, 15) is 9.59 Å². The number of aromatic nitrogens is 2. The van der Waals surface area contributed by atoms with Crippen LogP contribution in [-0.4, -0.2) is 76.3 Å². The van der Waals surface area contributed by atoms with Gasteiger partial charge in [0.15, 0.2) is 11.6 Å². The molecular weight excluding hydrogens is 360 g/mol. The monoisotopic (exact) mass is 390 g/mol. The summed E-state index contributed by atoms with van der Waals surface area (Å²) in [5, 5.41) is 0. The number of ether oxygens (including phenoxy) is 2. The zero-order valence-electron chi connectivity index (χ0n) is 16.9.